The van der Waals surface area contributed by atoms with Gasteiger partial charge in [-0.15, -0.1) is 5.10 Å². The molecule has 0 fully saturated rings. The van der Waals surface area contributed by atoms with Crippen LogP contribution in [0.25, 0.3) is 0 Å². The number of nitrogens with one attached hydrogen (secondary N) is 1. The highest BCUT2D eigenvalue weighted by Gasteiger charge is 2.17. The molecule has 5 nitrogen and oxygen atoms in total. The molecule has 0 aliphatic carbocycles. The van der Waals surface area contributed by atoms with E-state index in [0.717, 1.165) is 22.7 Å². The summed E-state index contributed by atoms with van der Waals surface area (Å²) in [6, 6.07) is 3.73. The molecule has 0 atom stereocenters. The molecule has 0 aliphatic heterocycles. The van der Waals surface area contributed by atoms with Gasteiger partial charge in [-0.1, -0.05) is 17.5 Å². The average molecular weight is 276 g/mol. The number of hydrogen-bond acceptors (Lipinski definition) is 5. The highest BCUT2D eigenvalue weighted by Crippen LogP contribution is 2.27. The van der Waals surface area contributed by atoms with Gasteiger partial charge in [0.05, 0.1) is 17.1 Å². The van der Waals surface area contributed by atoms with Gasteiger partial charge in [0.15, 0.2) is 0 Å². The van der Waals surface area contributed by atoms with E-state index in [9.17, 15) is 4.79 Å². The molecule has 2 aromatic rings. The van der Waals surface area contributed by atoms with Gasteiger partial charge in [0.25, 0.3) is 5.91 Å². The van der Waals surface area contributed by atoms with E-state index in [-0.39, 0.29) is 5.91 Å². The number of anilines is 2. The fourth-order valence-electron chi connectivity index (χ4n) is 1.79. The van der Waals surface area contributed by atoms with Gasteiger partial charge < -0.3 is 11.1 Å². The van der Waals surface area contributed by atoms with Crippen LogP contribution < -0.4 is 11.1 Å². The van der Waals surface area contributed by atoms with Crippen LogP contribution in [0.15, 0.2) is 12.1 Å². The van der Waals surface area contributed by atoms with Gasteiger partial charge in [-0.05, 0) is 49.0 Å². The van der Waals surface area contributed by atoms with Gasteiger partial charge in [0.2, 0.25) is 0 Å². The Morgan fingerprint density at radius 2 is 2.16 bits per heavy atom. The van der Waals surface area contributed by atoms with Gasteiger partial charge in [-0.2, -0.15) is 0 Å². The first kappa shape index (κ1) is 13.5. The number of nitrogens with zero attached hydrogens (tertiary/aromatic N) is 2. The third kappa shape index (κ3) is 2.58. The Balaban J connectivity index is 2.32. The van der Waals surface area contributed by atoms with Crippen molar-refractivity contribution in [1.29, 1.82) is 0 Å². The Hall–Kier alpha value is -1.95. The molecule has 3 N–H and O–H groups in total. The summed E-state index contributed by atoms with van der Waals surface area (Å²) in [5, 5.41) is 6.80. The van der Waals surface area contributed by atoms with Crippen molar-refractivity contribution in [3.8, 4) is 0 Å². The van der Waals surface area contributed by atoms with Crippen LogP contribution in [-0.2, 0) is 6.42 Å². The lowest BCUT2D eigenvalue weighted by Gasteiger charge is -2.12. The Morgan fingerprint density at radius 3 is 2.84 bits per heavy atom. The standard InChI is InChI=1S/C13H16N4OS/c1-4-10-12(19-17-16-10)13(18)15-11-8(3)7(2)5-6-9(11)14/h5-6H,4,14H2,1-3H3,(H,15,18). The Morgan fingerprint density at radius 1 is 1.42 bits per heavy atom. The van der Waals surface area contributed by atoms with Crippen molar-refractivity contribution < 1.29 is 4.79 Å². The maximum absolute atomic E-state index is 12.2. The number of benzene rings is 1. The van der Waals surface area contributed by atoms with E-state index in [2.05, 4.69) is 14.9 Å². The Kier molecular flexibility index (Phi) is 3.80. The van der Waals surface area contributed by atoms with Crippen LogP contribution in [0.4, 0.5) is 11.4 Å². The van der Waals surface area contributed by atoms with Crippen LogP contribution in [0.5, 0.6) is 0 Å². The first-order valence-electron chi connectivity index (χ1n) is 6.02. The molecule has 0 saturated carbocycles. The van der Waals surface area contributed by atoms with E-state index < -0.39 is 0 Å². The second-order valence-corrected chi connectivity index (χ2v) is 5.08. The summed E-state index contributed by atoms with van der Waals surface area (Å²) in [7, 11) is 0. The number of amides is 1. The van der Waals surface area contributed by atoms with E-state index in [1.165, 1.54) is 0 Å². The van der Waals surface area contributed by atoms with Crippen LogP contribution >= 0.6 is 11.5 Å². The lowest BCUT2D eigenvalue weighted by molar-refractivity contribution is 0.102. The minimum absolute atomic E-state index is 0.202. The monoisotopic (exact) mass is 276 g/mol. The second-order valence-electron chi connectivity index (χ2n) is 4.33. The fraction of sp³-hybridized carbons (Fsp3) is 0.308. The SMILES string of the molecule is CCc1nnsc1C(=O)Nc1c(N)ccc(C)c1C. The maximum Gasteiger partial charge on any atom is 0.269 e. The molecule has 0 unspecified atom stereocenters. The molecule has 6 heteroatoms. The molecular weight excluding hydrogens is 260 g/mol. The summed E-state index contributed by atoms with van der Waals surface area (Å²) in [6.45, 7) is 5.86. The van der Waals surface area contributed by atoms with E-state index in [0.29, 0.717) is 28.4 Å². The van der Waals surface area contributed by atoms with Crippen molar-refractivity contribution in [2.24, 2.45) is 0 Å². The largest absolute Gasteiger partial charge is 0.397 e. The summed E-state index contributed by atoms with van der Waals surface area (Å²) in [5.41, 5.74) is 9.92. The first-order valence-corrected chi connectivity index (χ1v) is 6.80. The Bertz CT molecular complexity index is 621. The van der Waals surface area contributed by atoms with Crippen molar-refractivity contribution in [2.75, 3.05) is 11.1 Å². The molecule has 1 aromatic carbocycles. The van der Waals surface area contributed by atoms with Crippen LogP contribution in [0.1, 0.15) is 33.4 Å². The minimum Gasteiger partial charge on any atom is -0.397 e. The van der Waals surface area contributed by atoms with Crippen molar-refractivity contribution >= 4 is 28.8 Å². The highest BCUT2D eigenvalue weighted by atomic mass is 32.1. The van der Waals surface area contributed by atoms with Gasteiger partial charge in [-0.3, -0.25) is 4.79 Å². The van der Waals surface area contributed by atoms with Crippen molar-refractivity contribution in [3.05, 3.63) is 33.8 Å². The van der Waals surface area contributed by atoms with Crippen LogP contribution in [0.2, 0.25) is 0 Å². The topological polar surface area (TPSA) is 80.9 Å². The lowest BCUT2D eigenvalue weighted by atomic mass is 10.1. The highest BCUT2D eigenvalue weighted by molar-refractivity contribution is 7.08. The summed E-state index contributed by atoms with van der Waals surface area (Å²) >= 11 is 1.10. The second kappa shape index (κ2) is 5.36. The first-order chi connectivity index (χ1) is 9.04. The van der Waals surface area contributed by atoms with Gasteiger partial charge in [0, 0.05) is 0 Å². The van der Waals surface area contributed by atoms with Crippen molar-refractivity contribution in [1.82, 2.24) is 9.59 Å². The van der Waals surface area contributed by atoms with Gasteiger partial charge in [-0.25, -0.2) is 0 Å². The number of nitrogen functional groups attached to an aromatic ring is 1. The van der Waals surface area contributed by atoms with Gasteiger partial charge in [0.1, 0.15) is 4.88 Å². The molecule has 0 bridgehead atoms. The molecule has 0 aliphatic rings. The molecule has 0 saturated heterocycles. The molecule has 100 valence electrons. The Labute approximate surface area is 116 Å². The van der Waals surface area contributed by atoms with E-state index >= 15 is 0 Å². The minimum atomic E-state index is -0.202. The zero-order chi connectivity index (χ0) is 14.0. The maximum atomic E-state index is 12.2. The van der Waals surface area contributed by atoms with Crippen molar-refractivity contribution in [2.45, 2.75) is 27.2 Å². The number of carbonyl (C=O) groups is 1. The molecule has 19 heavy (non-hydrogen) atoms. The average Bonchev–Trinajstić information content (AvgIpc) is 2.87. The predicted molar refractivity (Wildman–Crippen MR) is 77.6 cm³/mol. The smallest absolute Gasteiger partial charge is 0.269 e. The summed E-state index contributed by atoms with van der Waals surface area (Å²) in [4.78, 5) is 12.8. The van der Waals surface area contributed by atoms with Gasteiger partial charge >= 0.3 is 0 Å². The molecule has 2 rings (SSSR count). The van der Waals surface area contributed by atoms with E-state index in [4.69, 9.17) is 5.73 Å². The van der Waals surface area contributed by atoms with Crippen molar-refractivity contribution in [3.63, 3.8) is 0 Å². The normalized spacial score (nSPS) is 10.5. The predicted octanol–water partition coefficient (Wildman–Crippen LogP) is 2.55. The van der Waals surface area contributed by atoms with E-state index in [1.54, 1.807) is 6.07 Å². The number of nitrogens with two attached hydrogens (primary N) is 1. The molecular formula is C13H16N4OS. The number of aryl methyl sites for hydroxylation is 2. The third-order valence-electron chi connectivity index (χ3n) is 3.10. The summed E-state index contributed by atoms with van der Waals surface area (Å²) in [6.07, 6.45) is 0.682. The zero-order valence-electron chi connectivity index (χ0n) is 11.2. The van der Waals surface area contributed by atoms with Crippen LogP contribution in [-0.4, -0.2) is 15.5 Å². The van der Waals surface area contributed by atoms with E-state index in [1.807, 2.05) is 26.8 Å². The van der Waals surface area contributed by atoms with Crippen LogP contribution in [0.3, 0.4) is 0 Å². The quantitative estimate of drug-likeness (QED) is 0.844. The summed E-state index contributed by atoms with van der Waals surface area (Å²) < 4.78 is 3.82. The third-order valence-corrected chi connectivity index (χ3v) is 3.87. The number of hydrogen-bond donors (Lipinski definition) is 2. The lowest BCUT2D eigenvalue weighted by Crippen LogP contribution is -2.15. The molecule has 1 amide bonds. The molecule has 1 heterocycles. The summed E-state index contributed by atoms with van der Waals surface area (Å²) in [5.74, 6) is -0.202. The number of aromatic nitrogens is 2. The fourth-order valence-corrected chi connectivity index (χ4v) is 2.43. The molecule has 0 radical (unpaired) electrons. The molecule has 1 aromatic heterocycles. The number of rotatable bonds is 3. The molecule has 0 spiro atoms. The number of carbonyl (C=O) groups excluding carboxylic acids is 1. The zero-order valence-corrected chi connectivity index (χ0v) is 12.0. The van der Waals surface area contributed by atoms with Crippen LogP contribution in [0, 0.1) is 13.8 Å².